The van der Waals surface area contributed by atoms with Gasteiger partial charge in [0.2, 0.25) is 5.91 Å². The van der Waals surface area contributed by atoms with Gasteiger partial charge >= 0.3 is 0 Å². The summed E-state index contributed by atoms with van der Waals surface area (Å²) >= 11 is 0. The van der Waals surface area contributed by atoms with Gasteiger partial charge in [-0.15, -0.1) is 0 Å². The van der Waals surface area contributed by atoms with Gasteiger partial charge in [-0.25, -0.2) is 4.98 Å². The SMILES string of the molecule is CNC(=O)CCNc1cccnc1N. The van der Waals surface area contributed by atoms with Gasteiger partial charge in [-0.3, -0.25) is 4.79 Å². The van der Waals surface area contributed by atoms with E-state index in [0.29, 0.717) is 18.8 Å². The summed E-state index contributed by atoms with van der Waals surface area (Å²) in [4.78, 5) is 14.8. The van der Waals surface area contributed by atoms with E-state index in [4.69, 9.17) is 5.73 Å². The minimum Gasteiger partial charge on any atom is -0.382 e. The van der Waals surface area contributed by atoms with Crippen molar-refractivity contribution in [2.75, 3.05) is 24.6 Å². The van der Waals surface area contributed by atoms with Gasteiger partial charge < -0.3 is 16.4 Å². The van der Waals surface area contributed by atoms with Gasteiger partial charge in [0.15, 0.2) is 0 Å². The molecule has 0 bridgehead atoms. The van der Waals surface area contributed by atoms with E-state index < -0.39 is 0 Å². The summed E-state index contributed by atoms with van der Waals surface area (Å²) < 4.78 is 0. The summed E-state index contributed by atoms with van der Waals surface area (Å²) in [5.74, 6) is 0.448. The first-order chi connectivity index (χ1) is 6.74. The molecule has 0 spiro atoms. The van der Waals surface area contributed by atoms with Crippen LogP contribution in [-0.2, 0) is 4.79 Å². The summed E-state index contributed by atoms with van der Waals surface area (Å²) in [6.07, 6.45) is 2.05. The van der Waals surface area contributed by atoms with Crippen LogP contribution >= 0.6 is 0 Å². The van der Waals surface area contributed by atoms with Gasteiger partial charge in [-0.2, -0.15) is 0 Å². The maximum atomic E-state index is 10.9. The molecular formula is C9H14N4O. The van der Waals surface area contributed by atoms with Crippen LogP contribution in [0.2, 0.25) is 0 Å². The molecule has 0 saturated carbocycles. The smallest absolute Gasteiger partial charge is 0.221 e. The van der Waals surface area contributed by atoms with E-state index in [1.807, 2.05) is 6.07 Å². The Morgan fingerprint density at radius 3 is 3.07 bits per heavy atom. The number of nitrogens with zero attached hydrogens (tertiary/aromatic N) is 1. The van der Waals surface area contributed by atoms with E-state index in [-0.39, 0.29) is 5.91 Å². The van der Waals surface area contributed by atoms with Gasteiger partial charge in [0.25, 0.3) is 0 Å². The molecule has 1 aromatic heterocycles. The number of amides is 1. The van der Waals surface area contributed by atoms with Crippen molar-refractivity contribution in [3.63, 3.8) is 0 Å². The molecule has 76 valence electrons. The fraction of sp³-hybridized carbons (Fsp3) is 0.333. The molecule has 5 nitrogen and oxygen atoms in total. The van der Waals surface area contributed by atoms with Crippen LogP contribution in [-0.4, -0.2) is 24.5 Å². The zero-order valence-electron chi connectivity index (χ0n) is 8.08. The van der Waals surface area contributed by atoms with Gasteiger partial charge in [-0.1, -0.05) is 0 Å². The molecular weight excluding hydrogens is 180 g/mol. The van der Waals surface area contributed by atoms with Crippen molar-refractivity contribution in [3.05, 3.63) is 18.3 Å². The van der Waals surface area contributed by atoms with Gasteiger partial charge in [0.05, 0.1) is 5.69 Å². The molecule has 1 aromatic rings. The number of nitrogens with two attached hydrogens (primary N) is 1. The Morgan fingerprint density at radius 1 is 1.64 bits per heavy atom. The Labute approximate surface area is 82.7 Å². The molecule has 1 rings (SSSR count). The number of pyridine rings is 1. The lowest BCUT2D eigenvalue weighted by atomic mass is 10.3. The first-order valence-corrected chi connectivity index (χ1v) is 4.39. The Kier molecular flexibility index (Phi) is 3.72. The largest absolute Gasteiger partial charge is 0.382 e. The maximum Gasteiger partial charge on any atom is 0.221 e. The molecule has 1 amide bonds. The summed E-state index contributed by atoms with van der Waals surface area (Å²) in [6.45, 7) is 0.551. The molecule has 14 heavy (non-hydrogen) atoms. The number of hydrogen-bond donors (Lipinski definition) is 3. The standard InChI is InChI=1S/C9H14N4O/c1-11-8(14)4-6-12-7-3-2-5-13-9(7)10/h2-3,5,12H,4,6H2,1H3,(H2,10,13)(H,11,14). The molecule has 1 heterocycles. The Morgan fingerprint density at radius 2 is 2.43 bits per heavy atom. The van der Waals surface area contributed by atoms with E-state index in [9.17, 15) is 4.79 Å². The predicted molar refractivity (Wildman–Crippen MR) is 55.8 cm³/mol. The van der Waals surface area contributed by atoms with E-state index in [1.165, 1.54) is 0 Å². The lowest BCUT2D eigenvalue weighted by Gasteiger charge is -2.06. The molecule has 4 N–H and O–H groups in total. The molecule has 5 heteroatoms. The third-order valence-corrected chi connectivity index (χ3v) is 1.78. The predicted octanol–water partition coefficient (Wildman–Crippen LogP) is 0.212. The highest BCUT2D eigenvalue weighted by molar-refractivity contribution is 5.76. The van der Waals surface area contributed by atoms with Crippen LogP contribution in [0.4, 0.5) is 11.5 Å². The third-order valence-electron chi connectivity index (χ3n) is 1.78. The molecule has 0 aromatic carbocycles. The maximum absolute atomic E-state index is 10.9. The number of rotatable bonds is 4. The van der Waals surface area contributed by atoms with Crippen molar-refractivity contribution in [3.8, 4) is 0 Å². The van der Waals surface area contributed by atoms with Crippen LogP contribution in [0, 0.1) is 0 Å². The van der Waals surface area contributed by atoms with E-state index in [1.54, 1.807) is 19.3 Å². The average Bonchev–Trinajstić information content (AvgIpc) is 2.20. The molecule has 0 saturated heterocycles. The van der Waals surface area contributed by atoms with Gasteiger partial charge in [0.1, 0.15) is 5.82 Å². The number of carbonyl (C=O) groups excluding carboxylic acids is 1. The Balaban J connectivity index is 2.39. The molecule has 0 aliphatic rings. The van der Waals surface area contributed by atoms with Crippen LogP contribution in [0.25, 0.3) is 0 Å². The fourth-order valence-electron chi connectivity index (χ4n) is 1.00. The topological polar surface area (TPSA) is 80.0 Å². The van der Waals surface area contributed by atoms with Crippen molar-refractivity contribution in [2.24, 2.45) is 0 Å². The lowest BCUT2D eigenvalue weighted by Crippen LogP contribution is -2.21. The normalized spacial score (nSPS) is 9.50. The van der Waals surface area contributed by atoms with Crippen LogP contribution in [0.3, 0.4) is 0 Å². The van der Waals surface area contributed by atoms with Crippen LogP contribution in [0.5, 0.6) is 0 Å². The minimum atomic E-state index is -0.0000354. The molecule has 0 aliphatic heterocycles. The Bertz CT molecular complexity index is 313. The van der Waals surface area contributed by atoms with E-state index >= 15 is 0 Å². The number of aromatic nitrogens is 1. The summed E-state index contributed by atoms with van der Waals surface area (Å²) in [5, 5.41) is 5.57. The molecule has 0 fully saturated rings. The van der Waals surface area contributed by atoms with Crippen LogP contribution in [0.15, 0.2) is 18.3 Å². The van der Waals surface area contributed by atoms with Crippen molar-refractivity contribution < 1.29 is 4.79 Å². The zero-order chi connectivity index (χ0) is 10.4. The summed E-state index contributed by atoms with van der Waals surface area (Å²) in [6, 6.07) is 3.62. The molecule has 0 atom stereocenters. The number of anilines is 2. The highest BCUT2D eigenvalue weighted by atomic mass is 16.1. The van der Waals surface area contributed by atoms with Crippen molar-refractivity contribution in [2.45, 2.75) is 6.42 Å². The Hall–Kier alpha value is -1.78. The number of carbonyl (C=O) groups is 1. The molecule has 0 radical (unpaired) electrons. The lowest BCUT2D eigenvalue weighted by molar-refractivity contribution is -0.120. The fourth-order valence-corrected chi connectivity index (χ4v) is 1.00. The van der Waals surface area contributed by atoms with Gasteiger partial charge in [-0.05, 0) is 12.1 Å². The second-order valence-corrected chi connectivity index (χ2v) is 2.79. The summed E-state index contributed by atoms with van der Waals surface area (Å²) in [5.41, 5.74) is 6.36. The highest BCUT2D eigenvalue weighted by Gasteiger charge is 1.99. The second-order valence-electron chi connectivity index (χ2n) is 2.79. The second kappa shape index (κ2) is 5.06. The third kappa shape index (κ3) is 2.93. The first kappa shape index (κ1) is 10.3. The number of nitrogens with one attached hydrogen (secondary N) is 2. The minimum absolute atomic E-state index is 0.0000354. The van der Waals surface area contributed by atoms with Crippen LogP contribution < -0.4 is 16.4 Å². The van der Waals surface area contributed by atoms with Crippen molar-refractivity contribution >= 4 is 17.4 Å². The highest BCUT2D eigenvalue weighted by Crippen LogP contribution is 2.12. The number of hydrogen-bond acceptors (Lipinski definition) is 4. The van der Waals surface area contributed by atoms with Crippen LogP contribution in [0.1, 0.15) is 6.42 Å². The quantitative estimate of drug-likeness (QED) is 0.640. The van der Waals surface area contributed by atoms with E-state index in [0.717, 1.165) is 5.69 Å². The van der Waals surface area contributed by atoms with Crippen molar-refractivity contribution in [1.29, 1.82) is 0 Å². The first-order valence-electron chi connectivity index (χ1n) is 4.39. The monoisotopic (exact) mass is 194 g/mol. The van der Waals surface area contributed by atoms with Gasteiger partial charge in [0, 0.05) is 26.2 Å². The number of nitrogen functional groups attached to an aromatic ring is 1. The van der Waals surface area contributed by atoms with E-state index in [2.05, 4.69) is 15.6 Å². The van der Waals surface area contributed by atoms with Crippen molar-refractivity contribution in [1.82, 2.24) is 10.3 Å². The molecule has 0 aliphatic carbocycles. The average molecular weight is 194 g/mol. The zero-order valence-corrected chi connectivity index (χ0v) is 8.08. The molecule has 0 unspecified atom stereocenters. The summed E-state index contributed by atoms with van der Waals surface area (Å²) in [7, 11) is 1.61.